The molecule has 9 heteroatoms. The maximum Gasteiger partial charge on any atom is 0.338 e. The molecule has 0 aliphatic carbocycles. The first-order valence-corrected chi connectivity index (χ1v) is 9.88. The van der Waals surface area contributed by atoms with Crippen LogP contribution >= 0.6 is 23.1 Å². The van der Waals surface area contributed by atoms with E-state index in [1.807, 2.05) is 12.3 Å². The van der Waals surface area contributed by atoms with E-state index < -0.39 is 17.0 Å². The lowest BCUT2D eigenvalue weighted by molar-refractivity contribution is -0.387. The highest BCUT2D eigenvalue weighted by Crippen LogP contribution is 2.37. The third-order valence-corrected chi connectivity index (χ3v) is 5.93. The molecule has 1 aromatic heterocycles. The second kappa shape index (κ2) is 8.49. The van der Waals surface area contributed by atoms with Gasteiger partial charge in [0.05, 0.1) is 15.4 Å². The topological polar surface area (TPSA) is 82.3 Å². The lowest BCUT2D eigenvalue weighted by Crippen LogP contribution is -2.10. The number of aryl methyl sites for hydroxylation is 1. The first-order chi connectivity index (χ1) is 13.3. The van der Waals surface area contributed by atoms with E-state index in [1.165, 1.54) is 65.6 Å². The van der Waals surface area contributed by atoms with Gasteiger partial charge in [0.2, 0.25) is 0 Å². The van der Waals surface area contributed by atoms with Gasteiger partial charge in [-0.25, -0.2) is 14.2 Å². The molecular formula is C19H15FN2O4S2. The van der Waals surface area contributed by atoms with Crippen molar-refractivity contribution in [1.29, 1.82) is 0 Å². The second-order valence-electron chi connectivity index (χ2n) is 5.90. The van der Waals surface area contributed by atoms with Crippen LogP contribution in [0.4, 0.5) is 10.1 Å². The molecule has 3 aromatic rings. The number of rotatable bonds is 6. The Morgan fingerprint density at radius 1 is 1.29 bits per heavy atom. The van der Waals surface area contributed by atoms with Crippen molar-refractivity contribution in [2.45, 2.75) is 29.2 Å². The van der Waals surface area contributed by atoms with E-state index in [0.717, 1.165) is 5.69 Å². The number of thiazole rings is 1. The van der Waals surface area contributed by atoms with Crippen molar-refractivity contribution in [3.8, 4) is 0 Å². The Balaban J connectivity index is 1.79. The van der Waals surface area contributed by atoms with E-state index >= 15 is 0 Å². The predicted octanol–water partition coefficient (Wildman–Crippen LogP) is 5.57. The lowest BCUT2D eigenvalue weighted by atomic mass is 10.1. The molecule has 3 rings (SSSR count). The molecule has 0 amide bonds. The number of carbonyl (C=O) groups excluding carboxylic acids is 1. The summed E-state index contributed by atoms with van der Waals surface area (Å²) in [7, 11) is 0. The Kier molecular flexibility index (Phi) is 6.05. The van der Waals surface area contributed by atoms with Crippen molar-refractivity contribution in [2.75, 3.05) is 0 Å². The van der Waals surface area contributed by atoms with Crippen LogP contribution in [0.5, 0.6) is 0 Å². The highest BCUT2D eigenvalue weighted by molar-refractivity contribution is 8.01. The molecule has 2 aromatic carbocycles. The van der Waals surface area contributed by atoms with Crippen molar-refractivity contribution in [3.05, 3.63) is 80.6 Å². The summed E-state index contributed by atoms with van der Waals surface area (Å²) in [5, 5.41) is 13.3. The smallest absolute Gasteiger partial charge is 0.338 e. The minimum Gasteiger partial charge on any atom is -0.454 e. The molecule has 0 aliphatic heterocycles. The SMILES string of the molecule is Cc1csc(Sc2ccc(C(=O)OC(C)c3ccc(F)cc3)cc2[N+](=O)[O-])n1. The Morgan fingerprint density at radius 2 is 2.00 bits per heavy atom. The van der Waals surface area contributed by atoms with Gasteiger partial charge in [0, 0.05) is 17.1 Å². The zero-order valence-electron chi connectivity index (χ0n) is 14.9. The fourth-order valence-corrected chi connectivity index (χ4v) is 4.26. The molecule has 0 N–H and O–H groups in total. The van der Waals surface area contributed by atoms with Gasteiger partial charge in [0.1, 0.15) is 11.9 Å². The lowest BCUT2D eigenvalue weighted by Gasteiger charge is -2.14. The van der Waals surface area contributed by atoms with E-state index in [0.29, 0.717) is 14.8 Å². The average Bonchev–Trinajstić information content (AvgIpc) is 3.07. The molecule has 1 heterocycles. The number of halogens is 1. The highest BCUT2D eigenvalue weighted by atomic mass is 32.2. The van der Waals surface area contributed by atoms with Crippen LogP contribution in [-0.2, 0) is 4.74 Å². The predicted molar refractivity (Wildman–Crippen MR) is 104 cm³/mol. The van der Waals surface area contributed by atoms with Crippen LogP contribution in [0, 0.1) is 22.9 Å². The third-order valence-electron chi connectivity index (χ3n) is 3.81. The summed E-state index contributed by atoms with van der Waals surface area (Å²) >= 11 is 2.57. The van der Waals surface area contributed by atoms with Gasteiger partial charge in [-0.1, -0.05) is 23.9 Å². The Morgan fingerprint density at radius 3 is 2.61 bits per heavy atom. The van der Waals surface area contributed by atoms with Gasteiger partial charge in [-0.05, 0) is 43.7 Å². The average molecular weight is 418 g/mol. The largest absolute Gasteiger partial charge is 0.454 e. The van der Waals surface area contributed by atoms with E-state index in [1.54, 1.807) is 6.92 Å². The summed E-state index contributed by atoms with van der Waals surface area (Å²) in [5.41, 5.74) is 1.34. The Labute approximate surface area is 168 Å². The molecule has 0 bridgehead atoms. The zero-order chi connectivity index (χ0) is 20.3. The number of nitro benzene ring substituents is 1. The van der Waals surface area contributed by atoms with E-state index in [9.17, 15) is 19.3 Å². The van der Waals surface area contributed by atoms with Crippen LogP contribution in [0.3, 0.4) is 0 Å². The molecule has 0 fully saturated rings. The maximum atomic E-state index is 13.0. The summed E-state index contributed by atoms with van der Waals surface area (Å²) in [5.74, 6) is -1.08. The summed E-state index contributed by atoms with van der Waals surface area (Å²) in [6, 6.07) is 9.78. The van der Waals surface area contributed by atoms with Gasteiger partial charge in [-0.2, -0.15) is 0 Å². The summed E-state index contributed by atoms with van der Waals surface area (Å²) in [6.45, 7) is 3.49. The normalized spacial score (nSPS) is 11.8. The zero-order valence-corrected chi connectivity index (χ0v) is 16.6. The van der Waals surface area contributed by atoms with Crippen LogP contribution in [0.15, 0.2) is 57.1 Å². The number of nitro groups is 1. The van der Waals surface area contributed by atoms with Crippen molar-refractivity contribution >= 4 is 34.8 Å². The van der Waals surface area contributed by atoms with E-state index in [-0.39, 0.29) is 17.1 Å². The van der Waals surface area contributed by atoms with E-state index in [2.05, 4.69) is 4.98 Å². The molecule has 0 saturated carbocycles. The first-order valence-electron chi connectivity index (χ1n) is 8.18. The number of carbonyl (C=O) groups is 1. The number of hydrogen-bond acceptors (Lipinski definition) is 7. The van der Waals surface area contributed by atoms with Gasteiger partial charge in [0.15, 0.2) is 4.34 Å². The molecule has 1 atom stereocenters. The van der Waals surface area contributed by atoms with Crippen LogP contribution in [0.1, 0.15) is 34.6 Å². The quantitative estimate of drug-likeness (QED) is 0.296. The van der Waals surface area contributed by atoms with Gasteiger partial charge in [-0.15, -0.1) is 11.3 Å². The van der Waals surface area contributed by atoms with Gasteiger partial charge < -0.3 is 4.74 Å². The van der Waals surface area contributed by atoms with Crippen molar-refractivity contribution in [1.82, 2.24) is 4.98 Å². The highest BCUT2D eigenvalue weighted by Gasteiger charge is 2.21. The van der Waals surface area contributed by atoms with Gasteiger partial charge in [0.25, 0.3) is 5.69 Å². The van der Waals surface area contributed by atoms with Crippen LogP contribution < -0.4 is 0 Å². The van der Waals surface area contributed by atoms with Crippen molar-refractivity contribution < 1.29 is 18.8 Å². The van der Waals surface area contributed by atoms with Gasteiger partial charge in [-0.3, -0.25) is 10.1 Å². The van der Waals surface area contributed by atoms with Crippen LogP contribution in [0.2, 0.25) is 0 Å². The first kappa shape index (κ1) is 20.0. The maximum absolute atomic E-state index is 13.0. The molecule has 0 spiro atoms. The van der Waals surface area contributed by atoms with E-state index in [4.69, 9.17) is 4.74 Å². The summed E-state index contributed by atoms with van der Waals surface area (Å²) < 4.78 is 19.1. The molecule has 28 heavy (non-hydrogen) atoms. The molecule has 0 radical (unpaired) electrons. The standard InChI is InChI=1S/C19H15FN2O4S2/c1-11-10-27-19(21-11)28-17-8-5-14(9-16(17)22(24)25)18(23)26-12(2)13-3-6-15(20)7-4-13/h3-10,12H,1-2H3. The fraction of sp³-hybridized carbons (Fsp3) is 0.158. The summed E-state index contributed by atoms with van der Waals surface area (Å²) in [4.78, 5) is 28.0. The molecule has 144 valence electrons. The van der Waals surface area contributed by atoms with Crippen molar-refractivity contribution in [3.63, 3.8) is 0 Å². The molecular weight excluding hydrogens is 403 g/mol. The molecule has 6 nitrogen and oxygen atoms in total. The molecule has 0 saturated heterocycles. The second-order valence-corrected chi connectivity index (χ2v) is 8.04. The van der Waals surface area contributed by atoms with Crippen LogP contribution in [-0.4, -0.2) is 15.9 Å². The van der Waals surface area contributed by atoms with Crippen molar-refractivity contribution in [2.24, 2.45) is 0 Å². The Hall–Kier alpha value is -2.78. The number of ether oxygens (including phenoxy) is 1. The van der Waals surface area contributed by atoms with Crippen LogP contribution in [0.25, 0.3) is 0 Å². The number of esters is 1. The van der Waals surface area contributed by atoms with Gasteiger partial charge >= 0.3 is 5.97 Å². The number of hydrogen-bond donors (Lipinski definition) is 0. The number of aromatic nitrogens is 1. The Bertz CT molecular complexity index is 1020. The summed E-state index contributed by atoms with van der Waals surface area (Å²) in [6.07, 6.45) is -0.625. The molecule has 1 unspecified atom stereocenters. The molecule has 0 aliphatic rings. The minimum atomic E-state index is -0.693. The number of nitrogens with zero attached hydrogens (tertiary/aromatic N) is 2. The minimum absolute atomic E-state index is 0.0698. The number of benzene rings is 2. The monoisotopic (exact) mass is 418 g/mol. The fourth-order valence-electron chi connectivity index (χ4n) is 2.38. The third kappa shape index (κ3) is 4.73.